The van der Waals surface area contributed by atoms with E-state index in [2.05, 4.69) is 38.1 Å². The van der Waals surface area contributed by atoms with Crippen LogP contribution in [0.25, 0.3) is 0 Å². The summed E-state index contributed by atoms with van der Waals surface area (Å²) >= 11 is 0. The van der Waals surface area contributed by atoms with E-state index in [4.69, 9.17) is 14.2 Å². The zero-order chi connectivity index (χ0) is 20.4. The molecule has 5 nitrogen and oxygen atoms in total. The Hall–Kier alpha value is -1.92. The molecule has 0 radical (unpaired) electrons. The lowest BCUT2D eigenvalue weighted by atomic mass is 9.78. The topological polar surface area (TPSA) is 74.8 Å². The number of ether oxygens (including phenoxy) is 3. The SMILES string of the molecule is CC(C)(c1ccc(OCC(O)CC2CO2)cc1)c1ccc(C(O)CC2CO2)cc1. The number of benzene rings is 2. The first kappa shape index (κ1) is 20.4. The van der Waals surface area contributed by atoms with Crippen LogP contribution in [0.3, 0.4) is 0 Å². The molecule has 2 N–H and O–H groups in total. The average Bonchev–Trinajstić information content (AvgIpc) is 3.64. The van der Waals surface area contributed by atoms with Gasteiger partial charge in [0, 0.05) is 18.3 Å². The Morgan fingerprint density at radius 2 is 1.41 bits per heavy atom. The first-order chi connectivity index (χ1) is 13.9. The minimum atomic E-state index is -0.501. The predicted octanol–water partition coefficient (Wildman–Crippen LogP) is 3.36. The maximum atomic E-state index is 10.3. The van der Waals surface area contributed by atoms with Gasteiger partial charge in [0.25, 0.3) is 0 Å². The van der Waals surface area contributed by atoms with Crippen LogP contribution in [-0.2, 0) is 14.9 Å². The van der Waals surface area contributed by atoms with Crippen LogP contribution in [-0.4, -0.2) is 48.3 Å². The molecular weight excluding hydrogens is 368 g/mol. The van der Waals surface area contributed by atoms with Gasteiger partial charge in [-0.3, -0.25) is 0 Å². The summed E-state index contributed by atoms with van der Waals surface area (Å²) in [6.45, 7) is 6.15. The molecule has 0 aromatic heterocycles. The van der Waals surface area contributed by atoms with Crippen molar-refractivity contribution in [2.75, 3.05) is 19.8 Å². The van der Waals surface area contributed by atoms with E-state index >= 15 is 0 Å². The van der Waals surface area contributed by atoms with Gasteiger partial charge in [-0.05, 0) is 28.8 Å². The fourth-order valence-corrected chi connectivity index (χ4v) is 3.61. The summed E-state index contributed by atoms with van der Waals surface area (Å²) in [5.74, 6) is 0.751. The number of hydrogen-bond acceptors (Lipinski definition) is 5. The Morgan fingerprint density at radius 1 is 0.897 bits per heavy atom. The fraction of sp³-hybridized carbons (Fsp3) is 0.500. The molecule has 2 heterocycles. The monoisotopic (exact) mass is 398 g/mol. The van der Waals surface area contributed by atoms with Crippen LogP contribution in [0, 0.1) is 0 Å². The molecule has 0 aliphatic carbocycles. The van der Waals surface area contributed by atoms with E-state index in [1.165, 1.54) is 11.1 Å². The normalized spacial score (nSPS) is 22.8. The van der Waals surface area contributed by atoms with Crippen LogP contribution in [0.4, 0.5) is 0 Å². The summed E-state index contributed by atoms with van der Waals surface area (Å²) in [6.07, 6.45) is 0.726. The first-order valence-electron chi connectivity index (χ1n) is 10.3. The van der Waals surface area contributed by atoms with E-state index in [0.717, 1.165) is 24.5 Å². The molecule has 0 bridgehead atoms. The van der Waals surface area contributed by atoms with Crippen molar-refractivity contribution >= 4 is 0 Å². The van der Waals surface area contributed by atoms with Crippen molar-refractivity contribution in [3.05, 3.63) is 65.2 Å². The summed E-state index contributed by atoms with van der Waals surface area (Å²) in [5.41, 5.74) is 3.12. The van der Waals surface area contributed by atoms with E-state index in [1.807, 2.05) is 24.3 Å². The minimum absolute atomic E-state index is 0.176. The van der Waals surface area contributed by atoms with E-state index in [9.17, 15) is 10.2 Å². The van der Waals surface area contributed by atoms with Crippen LogP contribution >= 0.6 is 0 Å². The van der Waals surface area contributed by atoms with Gasteiger partial charge in [0.15, 0.2) is 0 Å². The number of aliphatic hydroxyl groups excluding tert-OH is 2. The molecule has 2 aliphatic heterocycles. The highest BCUT2D eigenvalue weighted by molar-refractivity contribution is 5.41. The number of aliphatic hydroxyl groups is 2. The largest absolute Gasteiger partial charge is 0.491 e. The highest BCUT2D eigenvalue weighted by Gasteiger charge is 2.28. The van der Waals surface area contributed by atoms with Crippen LogP contribution < -0.4 is 4.74 Å². The molecule has 4 rings (SSSR count). The van der Waals surface area contributed by atoms with E-state index < -0.39 is 12.2 Å². The number of epoxide rings is 2. The van der Waals surface area contributed by atoms with Crippen LogP contribution in [0.1, 0.15) is 49.5 Å². The molecule has 4 atom stereocenters. The van der Waals surface area contributed by atoms with Gasteiger partial charge >= 0.3 is 0 Å². The maximum Gasteiger partial charge on any atom is 0.119 e. The van der Waals surface area contributed by atoms with Crippen molar-refractivity contribution < 1.29 is 24.4 Å². The third kappa shape index (κ3) is 5.37. The van der Waals surface area contributed by atoms with E-state index in [1.54, 1.807) is 0 Å². The molecule has 4 unspecified atom stereocenters. The van der Waals surface area contributed by atoms with Crippen LogP contribution in [0.5, 0.6) is 5.75 Å². The van der Waals surface area contributed by atoms with Gasteiger partial charge in [0.1, 0.15) is 12.4 Å². The second-order valence-electron chi connectivity index (χ2n) is 8.63. The quantitative estimate of drug-likeness (QED) is 0.600. The first-order valence-corrected chi connectivity index (χ1v) is 10.3. The van der Waals surface area contributed by atoms with E-state index in [-0.39, 0.29) is 24.2 Å². The Kier molecular flexibility index (Phi) is 5.93. The van der Waals surface area contributed by atoms with Gasteiger partial charge in [-0.2, -0.15) is 0 Å². The zero-order valence-corrected chi connectivity index (χ0v) is 17.1. The Morgan fingerprint density at radius 3 is 1.97 bits per heavy atom. The van der Waals surface area contributed by atoms with Crippen molar-refractivity contribution in [1.82, 2.24) is 0 Å². The van der Waals surface area contributed by atoms with Gasteiger partial charge in [0.05, 0.1) is 37.6 Å². The third-order valence-corrected chi connectivity index (χ3v) is 5.86. The molecule has 2 aromatic rings. The molecule has 156 valence electrons. The van der Waals surface area contributed by atoms with Crippen LogP contribution in [0.2, 0.25) is 0 Å². The summed E-state index contributed by atoms with van der Waals surface area (Å²) in [4.78, 5) is 0. The summed E-state index contributed by atoms with van der Waals surface area (Å²) < 4.78 is 16.0. The van der Waals surface area contributed by atoms with Gasteiger partial charge in [-0.15, -0.1) is 0 Å². The molecule has 0 saturated carbocycles. The fourth-order valence-electron chi connectivity index (χ4n) is 3.61. The molecule has 2 fully saturated rings. The zero-order valence-electron chi connectivity index (χ0n) is 17.1. The van der Waals surface area contributed by atoms with Gasteiger partial charge in [-0.25, -0.2) is 0 Å². The maximum absolute atomic E-state index is 10.3. The van der Waals surface area contributed by atoms with Crippen molar-refractivity contribution in [2.45, 2.75) is 56.5 Å². The molecule has 2 saturated heterocycles. The van der Waals surface area contributed by atoms with Crippen molar-refractivity contribution in [3.63, 3.8) is 0 Å². The minimum Gasteiger partial charge on any atom is -0.491 e. The molecule has 2 aromatic carbocycles. The molecule has 5 heteroatoms. The Bertz CT molecular complexity index is 791. The smallest absolute Gasteiger partial charge is 0.119 e. The van der Waals surface area contributed by atoms with Gasteiger partial charge in [-0.1, -0.05) is 50.2 Å². The average molecular weight is 398 g/mol. The summed E-state index contributed by atoms with van der Waals surface area (Å²) in [7, 11) is 0. The third-order valence-electron chi connectivity index (χ3n) is 5.86. The van der Waals surface area contributed by atoms with Crippen molar-refractivity contribution in [3.8, 4) is 5.75 Å². The Labute approximate surface area is 172 Å². The molecule has 29 heavy (non-hydrogen) atoms. The molecule has 0 amide bonds. The highest BCUT2D eigenvalue weighted by Crippen LogP contribution is 2.34. The van der Waals surface area contributed by atoms with Gasteiger partial charge < -0.3 is 24.4 Å². The van der Waals surface area contributed by atoms with Crippen molar-refractivity contribution in [1.29, 1.82) is 0 Å². The summed E-state index contributed by atoms with van der Waals surface area (Å²) in [5, 5.41) is 20.2. The van der Waals surface area contributed by atoms with E-state index in [0.29, 0.717) is 12.8 Å². The number of hydrogen-bond donors (Lipinski definition) is 2. The summed E-state index contributed by atoms with van der Waals surface area (Å²) in [6, 6.07) is 16.2. The number of rotatable bonds is 10. The Balaban J connectivity index is 1.36. The predicted molar refractivity (Wildman–Crippen MR) is 110 cm³/mol. The lowest BCUT2D eigenvalue weighted by molar-refractivity contribution is 0.0925. The molecule has 0 spiro atoms. The second kappa shape index (κ2) is 8.44. The molecular formula is C24H30O5. The van der Waals surface area contributed by atoms with Crippen LogP contribution in [0.15, 0.2) is 48.5 Å². The molecule has 2 aliphatic rings. The standard InChI is InChI=1S/C24H30O5/c1-24(2,17-5-3-16(4-6-17)23(26)12-22-15-29-22)18-7-9-20(10-8-18)27-13-19(25)11-21-14-28-21/h3-10,19,21-23,25-26H,11-15H2,1-2H3. The van der Waals surface area contributed by atoms with Crippen molar-refractivity contribution in [2.24, 2.45) is 0 Å². The van der Waals surface area contributed by atoms with Gasteiger partial charge in [0.2, 0.25) is 0 Å². The lowest BCUT2D eigenvalue weighted by Gasteiger charge is -2.27. The highest BCUT2D eigenvalue weighted by atomic mass is 16.6. The second-order valence-corrected chi connectivity index (χ2v) is 8.63. The lowest BCUT2D eigenvalue weighted by Crippen LogP contribution is -2.20.